The molecule has 0 aliphatic heterocycles. The first-order valence-corrected chi connectivity index (χ1v) is 23.8. The van der Waals surface area contributed by atoms with E-state index in [9.17, 15) is 9.59 Å². The molecule has 1 aliphatic carbocycles. The van der Waals surface area contributed by atoms with E-state index in [1.807, 2.05) is 60.7 Å². The van der Waals surface area contributed by atoms with Crippen molar-refractivity contribution in [1.82, 2.24) is 0 Å². The van der Waals surface area contributed by atoms with Crippen LogP contribution in [0.5, 0.6) is 11.5 Å². The van der Waals surface area contributed by atoms with Crippen LogP contribution in [0.3, 0.4) is 0 Å². The minimum Gasteiger partial charge on any atom is -0.494 e. The van der Waals surface area contributed by atoms with Gasteiger partial charge < -0.3 is 20.9 Å². The van der Waals surface area contributed by atoms with E-state index >= 15 is 0 Å². The van der Waals surface area contributed by atoms with Crippen LogP contribution in [0.2, 0.25) is 0 Å². The largest absolute Gasteiger partial charge is 0.494 e. The van der Waals surface area contributed by atoms with Crippen molar-refractivity contribution in [3.8, 4) is 11.5 Å². The quantitative estimate of drug-likeness (QED) is 0.0380. The SMILES string of the molecule is CCCCCCCCCCCCOc1ccc(Sc2cccc3c2C(=O)c2c(Sc4ccc(OCCCCCCCCCCCC)cc4N)cccc2C3=O)c(N)c1. The summed E-state index contributed by atoms with van der Waals surface area (Å²) in [5.74, 6) is 1.13. The topological polar surface area (TPSA) is 105 Å². The number of rotatable bonds is 28. The standard InChI is InChI=1S/C50H66N2O4S2/c1-3-5-7-9-11-13-15-17-19-21-33-55-37-29-31-43(41(51)35-37)57-45-27-23-25-39-47(45)50(54)48-40(49(39)53)26-24-28-46(48)58-44-32-30-38(36-42(44)52)56-34-22-20-18-16-14-12-10-8-6-4-2/h23-32,35-36H,3-22,33-34,51-52H2,1-2H3. The van der Waals surface area contributed by atoms with Gasteiger partial charge in [0.2, 0.25) is 0 Å². The average Bonchev–Trinajstić information content (AvgIpc) is 3.22. The maximum Gasteiger partial charge on any atom is 0.196 e. The normalized spacial score (nSPS) is 12.1. The van der Waals surface area contributed by atoms with Crippen molar-refractivity contribution in [3.05, 3.63) is 95.1 Å². The fourth-order valence-electron chi connectivity index (χ4n) is 7.56. The molecule has 0 radical (unpaired) electrons. The Bertz CT molecular complexity index is 1780. The summed E-state index contributed by atoms with van der Waals surface area (Å²) in [6.45, 7) is 5.84. The van der Waals surface area contributed by atoms with Gasteiger partial charge in [0.15, 0.2) is 11.6 Å². The molecule has 6 nitrogen and oxygen atoms in total. The Morgan fingerprint density at radius 3 is 1.16 bits per heavy atom. The molecule has 8 heteroatoms. The minimum absolute atomic E-state index is 0.165. The van der Waals surface area contributed by atoms with E-state index in [4.69, 9.17) is 20.9 Å². The smallest absolute Gasteiger partial charge is 0.196 e. The lowest BCUT2D eigenvalue weighted by Gasteiger charge is -2.22. The average molecular weight is 823 g/mol. The number of nitrogens with two attached hydrogens (primary N) is 2. The van der Waals surface area contributed by atoms with E-state index in [-0.39, 0.29) is 11.6 Å². The van der Waals surface area contributed by atoms with E-state index in [0.29, 0.717) is 56.6 Å². The number of anilines is 2. The number of nitrogen functional groups attached to an aromatic ring is 2. The Morgan fingerprint density at radius 1 is 0.431 bits per heavy atom. The Kier molecular flexibility index (Phi) is 19.4. The molecule has 0 saturated heterocycles. The third kappa shape index (κ3) is 13.6. The molecular formula is C50H66N2O4S2. The van der Waals surface area contributed by atoms with Crippen LogP contribution >= 0.6 is 23.5 Å². The highest BCUT2D eigenvalue weighted by Crippen LogP contribution is 2.44. The van der Waals surface area contributed by atoms with Crippen LogP contribution in [-0.4, -0.2) is 24.8 Å². The summed E-state index contributed by atoms with van der Waals surface area (Å²) >= 11 is 2.80. The van der Waals surface area contributed by atoms with Gasteiger partial charge >= 0.3 is 0 Å². The zero-order valence-corrected chi connectivity index (χ0v) is 36.7. The molecule has 4 aromatic carbocycles. The van der Waals surface area contributed by atoms with Gasteiger partial charge in [-0.1, -0.05) is 177 Å². The van der Waals surface area contributed by atoms with Crippen molar-refractivity contribution in [2.45, 2.75) is 162 Å². The van der Waals surface area contributed by atoms with Crippen molar-refractivity contribution >= 4 is 46.5 Å². The van der Waals surface area contributed by atoms with Gasteiger partial charge in [-0.3, -0.25) is 9.59 Å². The monoisotopic (exact) mass is 822 g/mol. The molecule has 0 amide bonds. The van der Waals surface area contributed by atoms with E-state index in [0.717, 1.165) is 34.1 Å². The lowest BCUT2D eigenvalue weighted by molar-refractivity contribution is 0.0974. The number of ketones is 2. The van der Waals surface area contributed by atoms with Crippen molar-refractivity contribution < 1.29 is 19.1 Å². The first kappa shape index (κ1) is 45.2. The van der Waals surface area contributed by atoms with Crippen LogP contribution in [0.15, 0.2) is 92.4 Å². The van der Waals surface area contributed by atoms with E-state index in [1.54, 1.807) is 12.1 Å². The third-order valence-electron chi connectivity index (χ3n) is 10.9. The molecule has 1 aliphatic rings. The van der Waals surface area contributed by atoms with Crippen molar-refractivity contribution in [2.75, 3.05) is 24.7 Å². The van der Waals surface area contributed by atoms with E-state index in [1.165, 1.54) is 139 Å². The van der Waals surface area contributed by atoms with E-state index < -0.39 is 0 Å². The summed E-state index contributed by atoms with van der Waals surface area (Å²) in [5.41, 5.74) is 15.8. The molecule has 0 saturated carbocycles. The molecule has 5 rings (SSSR count). The van der Waals surface area contributed by atoms with Gasteiger partial charge in [0.25, 0.3) is 0 Å². The van der Waals surface area contributed by atoms with E-state index in [2.05, 4.69) is 13.8 Å². The molecule has 0 fully saturated rings. The van der Waals surface area contributed by atoms with Gasteiger partial charge in [0.1, 0.15) is 11.5 Å². The van der Waals surface area contributed by atoms with Gasteiger partial charge in [-0.05, 0) is 49.2 Å². The molecule has 312 valence electrons. The van der Waals surface area contributed by atoms with Gasteiger partial charge in [0, 0.05) is 65.3 Å². The number of carbonyl (C=O) groups is 2. The second-order valence-electron chi connectivity index (χ2n) is 15.7. The fourth-order valence-corrected chi connectivity index (χ4v) is 9.57. The Morgan fingerprint density at radius 2 is 0.793 bits per heavy atom. The number of benzene rings is 4. The number of ether oxygens (including phenoxy) is 2. The molecule has 0 bridgehead atoms. The maximum atomic E-state index is 14.4. The van der Waals surface area contributed by atoms with Gasteiger partial charge in [-0.15, -0.1) is 0 Å². The summed E-state index contributed by atoms with van der Waals surface area (Å²) < 4.78 is 12.1. The predicted octanol–water partition coefficient (Wildman–Crippen LogP) is 14.5. The van der Waals surface area contributed by atoms with Crippen LogP contribution in [0, 0.1) is 0 Å². The molecule has 58 heavy (non-hydrogen) atoms. The van der Waals surface area contributed by atoms with Crippen LogP contribution < -0.4 is 20.9 Å². The number of hydrogen-bond acceptors (Lipinski definition) is 8. The van der Waals surface area contributed by atoms with Crippen molar-refractivity contribution in [2.24, 2.45) is 0 Å². The second-order valence-corrected chi connectivity index (χ2v) is 17.8. The summed E-state index contributed by atoms with van der Waals surface area (Å²) in [6.07, 6.45) is 25.6. The molecule has 0 unspecified atom stereocenters. The summed E-state index contributed by atoms with van der Waals surface area (Å²) in [5, 5.41) is 0. The highest BCUT2D eigenvalue weighted by atomic mass is 32.2. The number of unbranched alkanes of at least 4 members (excludes halogenated alkanes) is 18. The lowest BCUT2D eigenvalue weighted by atomic mass is 9.84. The van der Waals surface area contributed by atoms with Crippen LogP contribution in [-0.2, 0) is 0 Å². The molecule has 4 aromatic rings. The lowest BCUT2D eigenvalue weighted by Crippen LogP contribution is -2.22. The third-order valence-corrected chi connectivity index (χ3v) is 13.2. The first-order valence-electron chi connectivity index (χ1n) is 22.2. The Balaban J connectivity index is 1.15. The van der Waals surface area contributed by atoms with Crippen molar-refractivity contribution in [3.63, 3.8) is 0 Å². The fraction of sp³-hybridized carbons (Fsp3) is 0.480. The molecule has 0 heterocycles. The number of hydrogen-bond donors (Lipinski definition) is 2. The van der Waals surface area contributed by atoms with Crippen molar-refractivity contribution in [1.29, 1.82) is 0 Å². The molecule has 0 aromatic heterocycles. The van der Waals surface area contributed by atoms with Crippen LogP contribution in [0.1, 0.15) is 174 Å². The second kappa shape index (κ2) is 24.9. The van der Waals surface area contributed by atoms with Crippen LogP contribution in [0.4, 0.5) is 11.4 Å². The molecular weight excluding hydrogens is 757 g/mol. The summed E-state index contributed by atoms with van der Waals surface area (Å²) in [7, 11) is 0. The molecule has 4 N–H and O–H groups in total. The zero-order valence-electron chi connectivity index (χ0n) is 35.1. The van der Waals surface area contributed by atoms with Crippen LogP contribution in [0.25, 0.3) is 0 Å². The highest BCUT2D eigenvalue weighted by molar-refractivity contribution is 8.00. The number of carbonyl (C=O) groups excluding carboxylic acids is 2. The zero-order chi connectivity index (χ0) is 41.0. The summed E-state index contributed by atoms with van der Waals surface area (Å²) in [6, 6.07) is 22.3. The Hall–Kier alpha value is -3.88. The maximum absolute atomic E-state index is 14.4. The highest BCUT2D eigenvalue weighted by Gasteiger charge is 2.34. The first-order chi connectivity index (χ1) is 28.4. The van der Waals surface area contributed by atoms with Gasteiger partial charge in [-0.2, -0.15) is 0 Å². The number of fused-ring (bicyclic) bond motifs is 2. The predicted molar refractivity (Wildman–Crippen MR) is 244 cm³/mol. The molecule has 0 spiro atoms. The minimum atomic E-state index is -0.180. The molecule has 0 atom stereocenters. The van der Waals surface area contributed by atoms with Gasteiger partial charge in [0.05, 0.1) is 13.2 Å². The summed E-state index contributed by atoms with van der Waals surface area (Å²) in [4.78, 5) is 31.4. The Labute approximate surface area is 357 Å². The van der Waals surface area contributed by atoms with Gasteiger partial charge in [-0.25, -0.2) is 0 Å².